The van der Waals surface area contributed by atoms with E-state index in [0.717, 1.165) is 5.69 Å². The summed E-state index contributed by atoms with van der Waals surface area (Å²) in [6.45, 7) is 9.97. The summed E-state index contributed by atoms with van der Waals surface area (Å²) in [5.74, 6) is 0.360. The second-order valence-electron chi connectivity index (χ2n) is 11.1. The molecule has 0 saturated carbocycles. The summed E-state index contributed by atoms with van der Waals surface area (Å²) in [5, 5.41) is 27.1. The van der Waals surface area contributed by atoms with Crippen LogP contribution >= 0.6 is 0 Å². The molecule has 0 aliphatic carbocycles. The number of anilines is 2. The summed E-state index contributed by atoms with van der Waals surface area (Å²) in [6, 6.07) is 7.58. The van der Waals surface area contributed by atoms with E-state index in [0.29, 0.717) is 30.8 Å². The number of urea groups is 1. The van der Waals surface area contributed by atoms with Crippen LogP contribution in [0.4, 0.5) is 16.3 Å². The molecule has 12 heteroatoms. The molecular formula is C26H38N8O4. The van der Waals surface area contributed by atoms with Gasteiger partial charge in [0.1, 0.15) is 30.2 Å². The molecule has 3 aromatic rings. The summed E-state index contributed by atoms with van der Waals surface area (Å²) in [7, 11) is 1.91. The zero-order valence-corrected chi connectivity index (χ0v) is 22.5. The predicted molar refractivity (Wildman–Crippen MR) is 144 cm³/mol. The third-order valence-corrected chi connectivity index (χ3v) is 6.73. The number of carbonyl (C=O) groups excluding carboxylic acids is 1. The standard InChI is InChI=1S/C26H38N8O4/c1-15(10-28-25(37)32-17-8-6-16(7-9-17)26(2,3)4)11-33(5)12-18-20(35)21(36)24(38-18)34-14-31-19-22(27)29-13-30-23(19)34/h6-9,13-15,18,20-21,24,35-36H,10-12H2,1-5H3,(H2,27,29,30)(H2,28,32,37)/t15?,18-,20-,21-,24-/m1/s1. The lowest BCUT2D eigenvalue weighted by molar-refractivity contribution is -0.0428. The fourth-order valence-electron chi connectivity index (χ4n) is 4.64. The van der Waals surface area contributed by atoms with Crippen LogP contribution in [-0.4, -0.2) is 85.7 Å². The molecule has 0 bridgehead atoms. The number of hydrogen-bond acceptors (Lipinski definition) is 9. The molecule has 1 fully saturated rings. The highest BCUT2D eigenvalue weighted by Crippen LogP contribution is 2.32. The lowest BCUT2D eigenvalue weighted by atomic mass is 9.87. The quantitative estimate of drug-likeness (QED) is 0.294. The maximum absolute atomic E-state index is 12.4. The average Bonchev–Trinajstić information content (AvgIpc) is 3.40. The smallest absolute Gasteiger partial charge is 0.319 e. The second kappa shape index (κ2) is 11.2. The number of ether oxygens (including phenoxy) is 1. The summed E-state index contributed by atoms with van der Waals surface area (Å²) >= 11 is 0. The summed E-state index contributed by atoms with van der Waals surface area (Å²) in [4.78, 5) is 26.7. The number of aliphatic hydroxyl groups is 2. The van der Waals surface area contributed by atoms with E-state index in [1.165, 1.54) is 18.2 Å². The molecular weight excluding hydrogens is 488 g/mol. The fourth-order valence-corrected chi connectivity index (χ4v) is 4.64. The number of nitrogens with two attached hydrogens (primary N) is 1. The Balaban J connectivity index is 1.25. The number of nitrogen functional groups attached to an aromatic ring is 1. The van der Waals surface area contributed by atoms with Crippen molar-refractivity contribution < 1.29 is 19.7 Å². The molecule has 0 spiro atoms. The van der Waals surface area contributed by atoms with E-state index < -0.39 is 24.5 Å². The molecule has 5 atom stereocenters. The number of carbonyl (C=O) groups is 1. The molecule has 1 aromatic carbocycles. The Kier molecular flexibility index (Phi) is 8.16. The van der Waals surface area contributed by atoms with Crippen molar-refractivity contribution in [2.24, 2.45) is 5.92 Å². The molecule has 6 N–H and O–H groups in total. The zero-order chi connectivity index (χ0) is 27.6. The lowest BCUT2D eigenvalue weighted by Gasteiger charge is -2.25. The molecule has 3 heterocycles. The van der Waals surface area contributed by atoms with Crippen molar-refractivity contribution >= 4 is 28.7 Å². The second-order valence-corrected chi connectivity index (χ2v) is 11.1. The highest BCUT2D eigenvalue weighted by Gasteiger charge is 2.44. The predicted octanol–water partition coefficient (Wildman–Crippen LogP) is 1.71. The van der Waals surface area contributed by atoms with Crippen molar-refractivity contribution in [1.29, 1.82) is 0 Å². The minimum atomic E-state index is -1.16. The van der Waals surface area contributed by atoms with Gasteiger partial charge in [-0.1, -0.05) is 39.8 Å². The van der Waals surface area contributed by atoms with Crippen LogP contribution in [0.2, 0.25) is 0 Å². The summed E-state index contributed by atoms with van der Waals surface area (Å²) in [6.07, 6.45) is -0.957. The van der Waals surface area contributed by atoms with Gasteiger partial charge >= 0.3 is 6.03 Å². The molecule has 12 nitrogen and oxygen atoms in total. The number of likely N-dealkylation sites (N-methyl/N-ethyl adjacent to an activating group) is 1. The van der Waals surface area contributed by atoms with Crippen LogP contribution < -0.4 is 16.4 Å². The van der Waals surface area contributed by atoms with Gasteiger partial charge in [0.2, 0.25) is 0 Å². The SMILES string of the molecule is CC(CNC(=O)Nc1ccc(C(C)(C)C)cc1)CN(C)C[C@H]1O[C@@H](n2cnc3c(N)ncnc32)[C@H](O)[C@@H]1O. The Morgan fingerprint density at radius 2 is 1.89 bits per heavy atom. The molecule has 1 aliphatic rings. The van der Waals surface area contributed by atoms with Crippen molar-refractivity contribution in [3.63, 3.8) is 0 Å². The van der Waals surface area contributed by atoms with Crippen molar-refractivity contribution in [1.82, 2.24) is 29.7 Å². The number of hydrogen-bond donors (Lipinski definition) is 5. The number of nitrogens with zero attached hydrogens (tertiary/aromatic N) is 5. The molecule has 2 amide bonds. The number of fused-ring (bicyclic) bond motifs is 1. The van der Waals surface area contributed by atoms with Gasteiger partial charge in [-0.2, -0.15) is 0 Å². The maximum Gasteiger partial charge on any atom is 0.319 e. The molecule has 1 saturated heterocycles. The van der Waals surface area contributed by atoms with Crippen molar-refractivity contribution in [2.75, 3.05) is 37.7 Å². The number of benzene rings is 1. The van der Waals surface area contributed by atoms with E-state index in [1.807, 2.05) is 43.1 Å². The van der Waals surface area contributed by atoms with E-state index in [1.54, 1.807) is 4.57 Å². The van der Waals surface area contributed by atoms with Crippen molar-refractivity contribution in [3.05, 3.63) is 42.5 Å². The van der Waals surface area contributed by atoms with Gasteiger partial charge in [0, 0.05) is 25.3 Å². The molecule has 38 heavy (non-hydrogen) atoms. The van der Waals surface area contributed by atoms with Crippen LogP contribution in [0.25, 0.3) is 11.2 Å². The number of aliphatic hydroxyl groups excluding tert-OH is 2. The largest absolute Gasteiger partial charge is 0.387 e. The first kappa shape index (κ1) is 27.7. The first-order valence-electron chi connectivity index (χ1n) is 12.7. The summed E-state index contributed by atoms with van der Waals surface area (Å²) in [5.41, 5.74) is 8.68. The topological polar surface area (TPSA) is 164 Å². The van der Waals surface area contributed by atoms with Crippen molar-refractivity contribution in [3.8, 4) is 0 Å². The molecule has 0 radical (unpaired) electrons. The minimum Gasteiger partial charge on any atom is -0.387 e. The lowest BCUT2D eigenvalue weighted by Crippen LogP contribution is -2.41. The van der Waals surface area contributed by atoms with Crippen LogP contribution in [-0.2, 0) is 10.2 Å². The van der Waals surface area contributed by atoms with Crippen molar-refractivity contribution in [2.45, 2.75) is 57.6 Å². The van der Waals surface area contributed by atoms with E-state index in [9.17, 15) is 15.0 Å². The van der Waals surface area contributed by atoms with Gasteiger partial charge in [-0.05, 0) is 36.1 Å². The first-order valence-corrected chi connectivity index (χ1v) is 12.7. The normalized spacial score (nSPS) is 22.6. The van der Waals surface area contributed by atoms with Gasteiger partial charge in [-0.25, -0.2) is 19.7 Å². The van der Waals surface area contributed by atoms with Crippen LogP contribution in [0.15, 0.2) is 36.9 Å². The van der Waals surface area contributed by atoms with Gasteiger partial charge in [-0.15, -0.1) is 0 Å². The Labute approximate surface area is 222 Å². The molecule has 4 rings (SSSR count). The molecule has 2 aromatic heterocycles. The summed E-state index contributed by atoms with van der Waals surface area (Å²) < 4.78 is 7.58. The van der Waals surface area contributed by atoms with Gasteiger partial charge < -0.3 is 36.2 Å². The number of amides is 2. The van der Waals surface area contributed by atoms with E-state index in [4.69, 9.17) is 10.5 Å². The Hall–Kier alpha value is -3.32. The van der Waals surface area contributed by atoms with E-state index in [-0.39, 0.29) is 23.2 Å². The molecule has 1 unspecified atom stereocenters. The number of imidazole rings is 1. The van der Waals surface area contributed by atoms with Gasteiger partial charge in [0.15, 0.2) is 17.7 Å². The Morgan fingerprint density at radius 1 is 1.18 bits per heavy atom. The number of aromatic nitrogens is 4. The minimum absolute atomic E-state index is 0.0537. The van der Waals surface area contributed by atoms with Crippen LogP contribution in [0.1, 0.15) is 39.5 Å². The highest BCUT2D eigenvalue weighted by atomic mass is 16.6. The Morgan fingerprint density at radius 3 is 2.58 bits per heavy atom. The third-order valence-electron chi connectivity index (χ3n) is 6.73. The van der Waals surface area contributed by atoms with E-state index >= 15 is 0 Å². The molecule has 206 valence electrons. The van der Waals surface area contributed by atoms with Crippen LogP contribution in [0, 0.1) is 5.92 Å². The molecule has 1 aliphatic heterocycles. The third kappa shape index (κ3) is 6.21. The first-order chi connectivity index (χ1) is 17.9. The maximum atomic E-state index is 12.4. The number of rotatable bonds is 8. The zero-order valence-electron chi connectivity index (χ0n) is 22.5. The van der Waals surface area contributed by atoms with E-state index in [2.05, 4.69) is 46.4 Å². The van der Waals surface area contributed by atoms with Gasteiger partial charge in [0.25, 0.3) is 0 Å². The van der Waals surface area contributed by atoms with Crippen LogP contribution in [0.5, 0.6) is 0 Å². The van der Waals surface area contributed by atoms with Gasteiger partial charge in [-0.3, -0.25) is 4.57 Å². The monoisotopic (exact) mass is 526 g/mol. The Bertz CT molecular complexity index is 1240. The average molecular weight is 527 g/mol. The number of nitrogens with one attached hydrogen (secondary N) is 2. The fraction of sp³-hybridized carbons (Fsp3) is 0.538. The van der Waals surface area contributed by atoms with Crippen LogP contribution in [0.3, 0.4) is 0 Å². The van der Waals surface area contributed by atoms with Gasteiger partial charge in [0.05, 0.1) is 6.33 Å². The highest BCUT2D eigenvalue weighted by molar-refractivity contribution is 5.89.